The van der Waals surface area contributed by atoms with Gasteiger partial charge in [-0.15, -0.1) is 0 Å². The summed E-state index contributed by atoms with van der Waals surface area (Å²) in [7, 11) is 0. The fourth-order valence-corrected chi connectivity index (χ4v) is 3.34. The second-order valence-corrected chi connectivity index (χ2v) is 8.79. The Balaban J connectivity index is 0.00000176. The number of nitrogens with one attached hydrogen (secondary N) is 1. The largest absolute Gasteiger partial charge is 0.433 e. The van der Waals surface area contributed by atoms with E-state index in [9.17, 15) is 18.0 Å². The quantitative estimate of drug-likeness (QED) is 0.660. The SMILES string of the molecule is CC.Cc1nc2c(nc1NC(=O)CC(C)(C)C)CCCN2Cc1ccc(C(F)(F)F)nc1. The van der Waals surface area contributed by atoms with Gasteiger partial charge in [0.05, 0.1) is 11.4 Å². The molecule has 1 aliphatic rings. The number of aromatic nitrogens is 3. The van der Waals surface area contributed by atoms with Crippen LogP contribution in [0.15, 0.2) is 18.3 Å². The van der Waals surface area contributed by atoms with Crippen molar-refractivity contribution >= 4 is 17.5 Å². The number of anilines is 2. The fraction of sp³-hybridized carbons (Fsp3) is 0.565. The number of carbonyl (C=O) groups is 1. The summed E-state index contributed by atoms with van der Waals surface area (Å²) in [6.07, 6.45) is -1.26. The Morgan fingerprint density at radius 2 is 1.84 bits per heavy atom. The molecule has 2 aromatic heterocycles. The lowest BCUT2D eigenvalue weighted by Crippen LogP contribution is -2.31. The number of pyridine rings is 1. The van der Waals surface area contributed by atoms with Gasteiger partial charge < -0.3 is 10.2 Å². The molecule has 1 aliphatic heterocycles. The molecule has 0 saturated carbocycles. The van der Waals surface area contributed by atoms with Crippen LogP contribution in [0.3, 0.4) is 0 Å². The number of carbonyl (C=O) groups excluding carboxylic acids is 1. The van der Waals surface area contributed by atoms with Gasteiger partial charge in [0.1, 0.15) is 5.69 Å². The third-order valence-electron chi connectivity index (χ3n) is 4.70. The molecule has 0 unspecified atom stereocenters. The van der Waals surface area contributed by atoms with Crippen LogP contribution >= 0.6 is 0 Å². The molecular formula is C23H32F3N5O. The zero-order valence-corrected chi connectivity index (χ0v) is 19.6. The summed E-state index contributed by atoms with van der Waals surface area (Å²) in [6.45, 7) is 12.9. The van der Waals surface area contributed by atoms with E-state index in [1.807, 2.05) is 39.5 Å². The number of fused-ring (bicyclic) bond motifs is 1. The van der Waals surface area contributed by atoms with E-state index in [-0.39, 0.29) is 11.3 Å². The van der Waals surface area contributed by atoms with Gasteiger partial charge in [-0.25, -0.2) is 9.97 Å². The van der Waals surface area contributed by atoms with Gasteiger partial charge in [-0.2, -0.15) is 13.2 Å². The standard InChI is InChI=1S/C21H26F3N5O.C2H6/c1-13-18(28-17(30)10-20(2,3)4)27-15-6-5-9-29(19(15)26-13)12-14-7-8-16(25-11-14)21(22,23)24;1-2/h7-8,11H,5-6,9-10,12H2,1-4H3,(H,27,28,30);1-2H3. The van der Waals surface area contributed by atoms with Crippen LogP contribution in [-0.2, 0) is 23.9 Å². The Hall–Kier alpha value is -2.71. The normalized spacial score (nSPS) is 13.7. The molecule has 3 heterocycles. The van der Waals surface area contributed by atoms with Crippen molar-refractivity contribution < 1.29 is 18.0 Å². The van der Waals surface area contributed by atoms with E-state index in [2.05, 4.69) is 20.3 Å². The van der Waals surface area contributed by atoms with Crippen LogP contribution in [0.5, 0.6) is 0 Å². The fourth-order valence-electron chi connectivity index (χ4n) is 3.34. The number of amides is 1. The first kappa shape index (κ1) is 25.5. The number of halogens is 3. The molecule has 0 spiro atoms. The summed E-state index contributed by atoms with van der Waals surface area (Å²) in [4.78, 5) is 27.1. The molecule has 0 saturated heterocycles. The van der Waals surface area contributed by atoms with E-state index in [0.29, 0.717) is 35.9 Å². The molecule has 1 N–H and O–H groups in total. The summed E-state index contributed by atoms with van der Waals surface area (Å²) in [5, 5.41) is 2.85. The van der Waals surface area contributed by atoms with Crippen LogP contribution in [0.4, 0.5) is 24.8 Å². The van der Waals surface area contributed by atoms with E-state index in [1.165, 1.54) is 12.3 Å². The summed E-state index contributed by atoms with van der Waals surface area (Å²) in [5.41, 5.74) is 1.01. The summed E-state index contributed by atoms with van der Waals surface area (Å²) in [5.74, 6) is 1.05. The van der Waals surface area contributed by atoms with Crippen LogP contribution in [0.2, 0.25) is 0 Å². The van der Waals surface area contributed by atoms with Crippen molar-refractivity contribution in [1.82, 2.24) is 15.0 Å². The van der Waals surface area contributed by atoms with Gasteiger partial charge in [-0.1, -0.05) is 40.7 Å². The molecule has 32 heavy (non-hydrogen) atoms. The molecule has 6 nitrogen and oxygen atoms in total. The van der Waals surface area contributed by atoms with Crippen molar-refractivity contribution in [3.05, 3.63) is 41.0 Å². The third-order valence-corrected chi connectivity index (χ3v) is 4.70. The lowest BCUT2D eigenvalue weighted by atomic mass is 9.92. The predicted octanol–water partition coefficient (Wildman–Crippen LogP) is 5.55. The molecule has 0 fully saturated rings. The van der Waals surface area contributed by atoms with E-state index in [4.69, 9.17) is 0 Å². The molecule has 1 amide bonds. The van der Waals surface area contributed by atoms with Gasteiger partial charge in [0, 0.05) is 25.7 Å². The zero-order valence-electron chi connectivity index (χ0n) is 19.6. The van der Waals surface area contributed by atoms with Crippen molar-refractivity contribution in [3.63, 3.8) is 0 Å². The van der Waals surface area contributed by atoms with Crippen molar-refractivity contribution in [2.75, 3.05) is 16.8 Å². The first-order valence-electron chi connectivity index (χ1n) is 10.9. The Labute approximate surface area is 187 Å². The van der Waals surface area contributed by atoms with Crippen molar-refractivity contribution in [2.45, 2.75) is 73.5 Å². The third kappa shape index (κ3) is 6.90. The second kappa shape index (κ2) is 10.3. The highest BCUT2D eigenvalue weighted by Gasteiger charge is 2.32. The molecule has 3 rings (SSSR count). The highest BCUT2D eigenvalue weighted by atomic mass is 19.4. The zero-order chi connectivity index (χ0) is 24.1. The van der Waals surface area contributed by atoms with Crippen LogP contribution in [0.1, 0.15) is 70.1 Å². The Bertz CT molecular complexity index is 921. The van der Waals surface area contributed by atoms with Crippen LogP contribution < -0.4 is 10.2 Å². The smallest absolute Gasteiger partial charge is 0.351 e. The molecule has 176 valence electrons. The number of rotatable bonds is 4. The van der Waals surface area contributed by atoms with E-state index in [0.717, 1.165) is 31.1 Å². The lowest BCUT2D eigenvalue weighted by Gasteiger charge is -2.30. The van der Waals surface area contributed by atoms with Gasteiger partial charge in [-0.05, 0) is 36.8 Å². The first-order valence-corrected chi connectivity index (χ1v) is 10.9. The predicted molar refractivity (Wildman–Crippen MR) is 119 cm³/mol. The molecule has 9 heteroatoms. The molecule has 0 aliphatic carbocycles. The summed E-state index contributed by atoms with van der Waals surface area (Å²) >= 11 is 0. The average molecular weight is 452 g/mol. The number of alkyl halides is 3. The van der Waals surface area contributed by atoms with E-state index in [1.54, 1.807) is 6.92 Å². The average Bonchev–Trinajstić information content (AvgIpc) is 2.69. The highest BCUT2D eigenvalue weighted by Crippen LogP contribution is 2.30. The van der Waals surface area contributed by atoms with Crippen LogP contribution in [0, 0.1) is 12.3 Å². The lowest BCUT2D eigenvalue weighted by molar-refractivity contribution is -0.141. The topological polar surface area (TPSA) is 71.0 Å². The second-order valence-electron chi connectivity index (χ2n) is 8.79. The maximum atomic E-state index is 12.7. The minimum atomic E-state index is -4.45. The molecule has 0 bridgehead atoms. The van der Waals surface area contributed by atoms with Crippen LogP contribution in [0.25, 0.3) is 0 Å². The van der Waals surface area contributed by atoms with E-state index < -0.39 is 11.9 Å². The number of hydrogen-bond acceptors (Lipinski definition) is 5. The van der Waals surface area contributed by atoms with Gasteiger partial charge in [0.2, 0.25) is 5.91 Å². The minimum absolute atomic E-state index is 0.108. The number of nitrogens with zero attached hydrogens (tertiary/aromatic N) is 4. The summed E-state index contributed by atoms with van der Waals surface area (Å²) in [6, 6.07) is 2.43. The molecular weight excluding hydrogens is 419 g/mol. The van der Waals surface area contributed by atoms with Crippen molar-refractivity contribution in [3.8, 4) is 0 Å². The Morgan fingerprint density at radius 1 is 1.16 bits per heavy atom. The number of hydrogen-bond donors (Lipinski definition) is 1. The maximum absolute atomic E-state index is 12.7. The monoisotopic (exact) mass is 451 g/mol. The van der Waals surface area contributed by atoms with Gasteiger partial charge in [0.25, 0.3) is 0 Å². The Kier molecular flexibility index (Phi) is 8.20. The number of aryl methyl sites for hydroxylation is 2. The minimum Gasteiger partial charge on any atom is -0.351 e. The van der Waals surface area contributed by atoms with Crippen LogP contribution in [-0.4, -0.2) is 27.4 Å². The first-order chi connectivity index (χ1) is 14.9. The van der Waals surface area contributed by atoms with E-state index >= 15 is 0 Å². The highest BCUT2D eigenvalue weighted by molar-refractivity contribution is 5.90. The maximum Gasteiger partial charge on any atom is 0.433 e. The summed E-state index contributed by atoms with van der Waals surface area (Å²) < 4.78 is 38.2. The van der Waals surface area contributed by atoms with Gasteiger partial charge >= 0.3 is 6.18 Å². The van der Waals surface area contributed by atoms with Gasteiger partial charge in [-0.3, -0.25) is 9.78 Å². The molecule has 2 aromatic rings. The van der Waals surface area contributed by atoms with Crippen molar-refractivity contribution in [2.24, 2.45) is 5.41 Å². The molecule has 0 radical (unpaired) electrons. The molecule has 0 aromatic carbocycles. The Morgan fingerprint density at radius 3 is 2.41 bits per heavy atom. The van der Waals surface area contributed by atoms with Crippen molar-refractivity contribution in [1.29, 1.82) is 0 Å². The van der Waals surface area contributed by atoms with Gasteiger partial charge in [0.15, 0.2) is 11.6 Å². The molecule has 0 atom stereocenters.